The van der Waals surface area contributed by atoms with Gasteiger partial charge < -0.3 is 10.1 Å². The molecule has 138 valence electrons. The number of hydrogen-bond acceptors (Lipinski definition) is 3. The first-order chi connectivity index (χ1) is 12.3. The maximum absolute atomic E-state index is 12.7. The zero-order valence-corrected chi connectivity index (χ0v) is 16.3. The van der Waals surface area contributed by atoms with Crippen molar-refractivity contribution >= 4 is 11.7 Å². The van der Waals surface area contributed by atoms with Crippen LogP contribution in [0.5, 0.6) is 5.75 Å². The molecule has 0 amide bonds. The number of esters is 1. The first-order valence-corrected chi connectivity index (χ1v) is 9.32. The standard InChI is InChI=1S/C23H29NO2/c1-5-6-8-13-21(24)20-16-17(23(2,3)4)14-15-19(20)22(25)26-18-11-9-7-10-12-18/h7,9-12,14-16,24H,5-6,8,13H2,1-4H3. The average Bonchev–Trinajstić information content (AvgIpc) is 2.61. The highest BCUT2D eigenvalue weighted by molar-refractivity contribution is 6.08. The van der Waals surface area contributed by atoms with E-state index in [4.69, 9.17) is 10.1 Å². The quantitative estimate of drug-likeness (QED) is 0.281. The first kappa shape index (κ1) is 19.9. The van der Waals surface area contributed by atoms with E-state index >= 15 is 0 Å². The zero-order valence-electron chi connectivity index (χ0n) is 16.3. The van der Waals surface area contributed by atoms with Crippen LogP contribution >= 0.6 is 0 Å². The number of ether oxygens (including phenoxy) is 1. The van der Waals surface area contributed by atoms with Crippen molar-refractivity contribution in [1.29, 1.82) is 5.41 Å². The third-order valence-corrected chi connectivity index (χ3v) is 4.41. The molecule has 2 aromatic rings. The monoisotopic (exact) mass is 351 g/mol. The van der Waals surface area contributed by atoms with Gasteiger partial charge in [-0.2, -0.15) is 0 Å². The van der Waals surface area contributed by atoms with Gasteiger partial charge in [0.15, 0.2) is 0 Å². The van der Waals surface area contributed by atoms with Crippen LogP contribution in [0, 0.1) is 5.41 Å². The van der Waals surface area contributed by atoms with Crippen molar-refractivity contribution in [1.82, 2.24) is 0 Å². The number of hydrogen-bond donors (Lipinski definition) is 1. The minimum absolute atomic E-state index is 0.0414. The van der Waals surface area contributed by atoms with Gasteiger partial charge in [0, 0.05) is 11.3 Å². The largest absolute Gasteiger partial charge is 0.423 e. The molecule has 0 aliphatic rings. The molecule has 0 fully saturated rings. The van der Waals surface area contributed by atoms with Gasteiger partial charge in [-0.05, 0) is 48.1 Å². The third-order valence-electron chi connectivity index (χ3n) is 4.41. The first-order valence-electron chi connectivity index (χ1n) is 9.32. The Labute approximate surface area is 156 Å². The lowest BCUT2D eigenvalue weighted by Gasteiger charge is -2.21. The molecule has 0 spiro atoms. The Bertz CT molecular complexity index is 758. The van der Waals surface area contributed by atoms with E-state index < -0.39 is 5.97 Å². The summed E-state index contributed by atoms with van der Waals surface area (Å²) in [6.07, 6.45) is 3.83. The van der Waals surface area contributed by atoms with Crippen molar-refractivity contribution in [3.8, 4) is 5.75 Å². The molecular weight excluding hydrogens is 322 g/mol. The molecule has 0 aliphatic carbocycles. The van der Waals surface area contributed by atoms with Gasteiger partial charge in [-0.15, -0.1) is 0 Å². The normalized spacial score (nSPS) is 11.2. The Kier molecular flexibility index (Phi) is 6.73. The van der Waals surface area contributed by atoms with Gasteiger partial charge in [0.25, 0.3) is 0 Å². The lowest BCUT2D eigenvalue weighted by molar-refractivity contribution is 0.0734. The summed E-state index contributed by atoms with van der Waals surface area (Å²) in [5, 5.41) is 8.52. The van der Waals surface area contributed by atoms with Crippen molar-refractivity contribution < 1.29 is 9.53 Å². The number of rotatable bonds is 7. The maximum atomic E-state index is 12.7. The minimum Gasteiger partial charge on any atom is -0.423 e. The molecular formula is C23H29NO2. The van der Waals surface area contributed by atoms with Crippen molar-refractivity contribution in [3.63, 3.8) is 0 Å². The highest BCUT2D eigenvalue weighted by Gasteiger charge is 2.21. The molecule has 0 heterocycles. The second kappa shape index (κ2) is 8.79. The SMILES string of the molecule is CCCCCC(=N)c1cc(C(C)(C)C)ccc1C(=O)Oc1ccccc1. The van der Waals surface area contributed by atoms with Gasteiger partial charge >= 0.3 is 5.97 Å². The van der Waals surface area contributed by atoms with Crippen molar-refractivity contribution in [3.05, 3.63) is 65.2 Å². The number of nitrogens with one attached hydrogen (secondary N) is 1. The van der Waals surface area contributed by atoms with E-state index in [0.717, 1.165) is 24.8 Å². The van der Waals surface area contributed by atoms with Crippen LogP contribution in [0.3, 0.4) is 0 Å². The summed E-state index contributed by atoms with van der Waals surface area (Å²) in [4.78, 5) is 12.7. The fourth-order valence-corrected chi connectivity index (χ4v) is 2.78. The molecule has 1 N–H and O–H groups in total. The summed E-state index contributed by atoms with van der Waals surface area (Å²) in [6.45, 7) is 8.55. The highest BCUT2D eigenvalue weighted by atomic mass is 16.5. The zero-order chi connectivity index (χ0) is 19.2. The maximum Gasteiger partial charge on any atom is 0.344 e. The van der Waals surface area contributed by atoms with E-state index in [1.165, 1.54) is 0 Å². The molecule has 0 aliphatic heterocycles. The number of carbonyl (C=O) groups excluding carboxylic acids is 1. The Morgan fingerprint density at radius 3 is 2.31 bits per heavy atom. The predicted molar refractivity (Wildman–Crippen MR) is 108 cm³/mol. The summed E-state index contributed by atoms with van der Waals surface area (Å²) < 4.78 is 5.51. The summed E-state index contributed by atoms with van der Waals surface area (Å²) >= 11 is 0. The van der Waals surface area contributed by atoms with E-state index in [1.54, 1.807) is 18.2 Å². The molecule has 2 aromatic carbocycles. The third kappa shape index (κ3) is 5.29. The fraction of sp³-hybridized carbons (Fsp3) is 0.391. The number of para-hydroxylation sites is 1. The predicted octanol–water partition coefficient (Wildman–Crippen LogP) is 6.15. The van der Waals surface area contributed by atoms with Crippen LogP contribution in [-0.2, 0) is 5.41 Å². The van der Waals surface area contributed by atoms with Crippen LogP contribution < -0.4 is 4.74 Å². The molecule has 0 atom stereocenters. The fourth-order valence-electron chi connectivity index (χ4n) is 2.78. The van der Waals surface area contributed by atoms with Gasteiger partial charge in [0.1, 0.15) is 5.75 Å². The molecule has 0 saturated heterocycles. The molecule has 0 saturated carbocycles. The van der Waals surface area contributed by atoms with Crippen molar-refractivity contribution in [2.45, 2.75) is 58.8 Å². The summed E-state index contributed by atoms with van der Waals surface area (Å²) in [5.74, 6) is 0.104. The minimum atomic E-state index is -0.410. The van der Waals surface area contributed by atoms with Gasteiger partial charge in [-0.3, -0.25) is 0 Å². The van der Waals surface area contributed by atoms with E-state index in [0.29, 0.717) is 29.0 Å². The van der Waals surface area contributed by atoms with Gasteiger partial charge in [-0.25, -0.2) is 4.79 Å². The van der Waals surface area contributed by atoms with Crippen LogP contribution in [0.4, 0.5) is 0 Å². The van der Waals surface area contributed by atoms with Crippen LogP contribution in [0.25, 0.3) is 0 Å². The molecule has 0 unspecified atom stereocenters. The van der Waals surface area contributed by atoms with Gasteiger partial charge in [0.2, 0.25) is 0 Å². The van der Waals surface area contributed by atoms with Crippen molar-refractivity contribution in [2.24, 2.45) is 0 Å². The van der Waals surface area contributed by atoms with E-state index in [1.807, 2.05) is 30.3 Å². The Morgan fingerprint density at radius 2 is 1.69 bits per heavy atom. The lowest BCUT2D eigenvalue weighted by Crippen LogP contribution is -2.18. The molecule has 26 heavy (non-hydrogen) atoms. The summed E-state index contributed by atoms with van der Waals surface area (Å²) in [5.41, 5.74) is 2.73. The average molecular weight is 351 g/mol. The Hall–Kier alpha value is -2.42. The molecule has 3 heteroatoms. The highest BCUT2D eigenvalue weighted by Crippen LogP contribution is 2.26. The molecule has 2 rings (SSSR count). The van der Waals surface area contributed by atoms with Crippen LogP contribution in [-0.4, -0.2) is 11.7 Å². The van der Waals surface area contributed by atoms with E-state index in [-0.39, 0.29) is 5.41 Å². The lowest BCUT2D eigenvalue weighted by atomic mass is 9.84. The van der Waals surface area contributed by atoms with E-state index in [9.17, 15) is 4.79 Å². The second-order valence-corrected chi connectivity index (χ2v) is 7.65. The molecule has 0 aromatic heterocycles. The molecule has 0 radical (unpaired) electrons. The molecule has 0 bridgehead atoms. The summed E-state index contributed by atoms with van der Waals surface area (Å²) in [6, 6.07) is 14.8. The van der Waals surface area contributed by atoms with Gasteiger partial charge in [-0.1, -0.05) is 64.8 Å². The summed E-state index contributed by atoms with van der Waals surface area (Å²) in [7, 11) is 0. The topological polar surface area (TPSA) is 50.2 Å². The Balaban J connectivity index is 2.34. The number of benzene rings is 2. The second-order valence-electron chi connectivity index (χ2n) is 7.65. The Morgan fingerprint density at radius 1 is 1.00 bits per heavy atom. The van der Waals surface area contributed by atoms with Crippen LogP contribution in [0.15, 0.2) is 48.5 Å². The van der Waals surface area contributed by atoms with E-state index in [2.05, 4.69) is 27.7 Å². The van der Waals surface area contributed by atoms with Crippen molar-refractivity contribution in [2.75, 3.05) is 0 Å². The molecule has 3 nitrogen and oxygen atoms in total. The van der Waals surface area contributed by atoms with Crippen LogP contribution in [0.1, 0.15) is 74.9 Å². The van der Waals surface area contributed by atoms with Crippen LogP contribution in [0.2, 0.25) is 0 Å². The smallest absolute Gasteiger partial charge is 0.344 e. The number of unbranched alkanes of at least 4 members (excludes halogenated alkanes) is 2. The number of carbonyl (C=O) groups is 1. The van der Waals surface area contributed by atoms with Gasteiger partial charge in [0.05, 0.1) is 5.56 Å².